The maximum absolute atomic E-state index is 5.51. The van der Waals surface area contributed by atoms with Crippen molar-refractivity contribution in [1.29, 1.82) is 0 Å². The first kappa shape index (κ1) is 13.5. The van der Waals surface area contributed by atoms with Crippen LogP contribution in [0.5, 0.6) is 5.75 Å². The van der Waals surface area contributed by atoms with Crippen LogP contribution in [0.3, 0.4) is 0 Å². The Morgan fingerprint density at radius 1 is 1.00 bits per heavy atom. The van der Waals surface area contributed by atoms with Gasteiger partial charge in [-0.3, -0.25) is 0 Å². The Morgan fingerprint density at radius 2 is 1.74 bits per heavy atom. The molecule has 0 heterocycles. The van der Waals surface area contributed by atoms with Gasteiger partial charge in [0, 0.05) is 12.2 Å². The Hall–Kier alpha value is -1.96. The average molecular weight is 255 g/mol. The summed E-state index contributed by atoms with van der Waals surface area (Å²) in [6.45, 7) is 7.75. The molecule has 0 amide bonds. The third-order valence-corrected chi connectivity index (χ3v) is 2.93. The summed E-state index contributed by atoms with van der Waals surface area (Å²) in [4.78, 5) is 0. The van der Waals surface area contributed by atoms with E-state index in [0.29, 0.717) is 6.61 Å². The molecule has 0 spiro atoms. The quantitative estimate of drug-likeness (QED) is 0.859. The van der Waals surface area contributed by atoms with Crippen LogP contribution >= 0.6 is 0 Å². The van der Waals surface area contributed by atoms with Crippen LogP contribution in [0.4, 0.5) is 5.69 Å². The van der Waals surface area contributed by atoms with E-state index in [9.17, 15) is 0 Å². The number of hydrogen-bond acceptors (Lipinski definition) is 2. The summed E-state index contributed by atoms with van der Waals surface area (Å²) in [5.74, 6) is 0.933. The molecule has 0 aromatic heterocycles. The predicted octanol–water partition coefficient (Wildman–Crippen LogP) is 4.31. The molecule has 0 radical (unpaired) electrons. The number of rotatable bonds is 5. The monoisotopic (exact) mass is 255 g/mol. The second kappa shape index (κ2) is 6.28. The van der Waals surface area contributed by atoms with Crippen molar-refractivity contribution in [3.63, 3.8) is 0 Å². The zero-order valence-corrected chi connectivity index (χ0v) is 11.9. The number of ether oxygens (including phenoxy) is 1. The van der Waals surface area contributed by atoms with E-state index in [1.54, 1.807) is 0 Å². The first-order chi connectivity index (χ1) is 9.17. The molecule has 0 fully saturated rings. The molecule has 2 aromatic rings. The van der Waals surface area contributed by atoms with Crippen LogP contribution in [0.15, 0.2) is 42.5 Å². The van der Waals surface area contributed by atoms with Gasteiger partial charge in [0.2, 0.25) is 0 Å². The summed E-state index contributed by atoms with van der Waals surface area (Å²) in [6.07, 6.45) is 0. The van der Waals surface area contributed by atoms with Gasteiger partial charge in [-0.2, -0.15) is 0 Å². The largest absolute Gasteiger partial charge is 0.494 e. The summed E-state index contributed by atoms with van der Waals surface area (Å²) in [6, 6.07) is 14.7. The molecule has 0 saturated heterocycles. The topological polar surface area (TPSA) is 21.3 Å². The van der Waals surface area contributed by atoms with Crippen LogP contribution in [0, 0.1) is 13.8 Å². The fourth-order valence-electron chi connectivity index (χ4n) is 2.19. The lowest BCUT2D eigenvalue weighted by molar-refractivity contribution is 0.340. The molecule has 0 aliphatic rings. The maximum Gasteiger partial charge on any atom is 0.119 e. The molecule has 19 heavy (non-hydrogen) atoms. The standard InChI is InChI=1S/C17H21NO/c1-4-19-17-7-5-6-15(11-17)12-18-16-9-13(2)8-14(3)10-16/h5-11,18H,4,12H2,1-3H3. The van der Waals surface area contributed by atoms with E-state index in [4.69, 9.17) is 4.74 Å². The lowest BCUT2D eigenvalue weighted by Gasteiger charge is -2.10. The Kier molecular flexibility index (Phi) is 4.45. The van der Waals surface area contributed by atoms with Gasteiger partial charge >= 0.3 is 0 Å². The number of aryl methyl sites for hydroxylation is 2. The Balaban J connectivity index is 2.03. The van der Waals surface area contributed by atoms with Crippen LogP contribution < -0.4 is 10.1 Å². The van der Waals surface area contributed by atoms with Gasteiger partial charge in [0.1, 0.15) is 5.75 Å². The number of hydrogen-bond donors (Lipinski definition) is 1. The Labute approximate surface area is 115 Å². The first-order valence-corrected chi connectivity index (χ1v) is 6.71. The second-order valence-electron chi connectivity index (χ2n) is 4.81. The summed E-state index contributed by atoms with van der Waals surface area (Å²) in [7, 11) is 0. The molecule has 2 nitrogen and oxygen atoms in total. The van der Waals surface area contributed by atoms with Gasteiger partial charge in [-0.25, -0.2) is 0 Å². The van der Waals surface area contributed by atoms with Crippen molar-refractivity contribution in [2.45, 2.75) is 27.3 Å². The molecule has 2 heteroatoms. The number of benzene rings is 2. The van der Waals surface area contributed by atoms with Crippen molar-refractivity contribution in [2.75, 3.05) is 11.9 Å². The van der Waals surface area contributed by atoms with E-state index in [0.717, 1.165) is 12.3 Å². The van der Waals surface area contributed by atoms with E-state index in [1.165, 1.54) is 22.4 Å². The van der Waals surface area contributed by atoms with E-state index in [-0.39, 0.29) is 0 Å². The van der Waals surface area contributed by atoms with Crippen LogP contribution in [-0.2, 0) is 6.54 Å². The molecule has 0 unspecified atom stereocenters. The lowest BCUT2D eigenvalue weighted by Crippen LogP contribution is -2.00. The highest BCUT2D eigenvalue weighted by Gasteiger charge is 1.98. The molecule has 0 aliphatic heterocycles. The molecule has 100 valence electrons. The van der Waals surface area contributed by atoms with Crippen LogP contribution in [0.2, 0.25) is 0 Å². The highest BCUT2D eigenvalue weighted by atomic mass is 16.5. The van der Waals surface area contributed by atoms with E-state index in [1.807, 2.05) is 19.1 Å². The minimum absolute atomic E-state index is 0.702. The van der Waals surface area contributed by atoms with Gasteiger partial charge in [-0.05, 0) is 61.7 Å². The summed E-state index contributed by atoms with van der Waals surface area (Å²) < 4.78 is 5.51. The molecule has 2 rings (SSSR count). The predicted molar refractivity (Wildman–Crippen MR) is 80.9 cm³/mol. The van der Waals surface area contributed by atoms with Crippen LogP contribution in [0.1, 0.15) is 23.6 Å². The van der Waals surface area contributed by atoms with Crippen LogP contribution in [-0.4, -0.2) is 6.61 Å². The molecular weight excluding hydrogens is 234 g/mol. The molecule has 2 aromatic carbocycles. The SMILES string of the molecule is CCOc1cccc(CNc2cc(C)cc(C)c2)c1. The minimum Gasteiger partial charge on any atom is -0.494 e. The van der Waals surface area contributed by atoms with E-state index < -0.39 is 0 Å². The van der Waals surface area contributed by atoms with Crippen molar-refractivity contribution < 1.29 is 4.74 Å². The summed E-state index contributed by atoms with van der Waals surface area (Å²) >= 11 is 0. The molecule has 0 saturated carbocycles. The number of nitrogens with one attached hydrogen (secondary N) is 1. The number of anilines is 1. The summed E-state index contributed by atoms with van der Waals surface area (Å²) in [5.41, 5.74) is 4.96. The highest BCUT2D eigenvalue weighted by Crippen LogP contribution is 2.17. The zero-order valence-electron chi connectivity index (χ0n) is 11.9. The van der Waals surface area contributed by atoms with Gasteiger partial charge < -0.3 is 10.1 Å². The van der Waals surface area contributed by atoms with E-state index >= 15 is 0 Å². The Bertz CT molecular complexity index is 528. The van der Waals surface area contributed by atoms with Gasteiger partial charge in [0.05, 0.1) is 6.61 Å². The molecule has 0 bridgehead atoms. The Morgan fingerprint density at radius 3 is 2.42 bits per heavy atom. The van der Waals surface area contributed by atoms with Crippen molar-refractivity contribution in [1.82, 2.24) is 0 Å². The third-order valence-electron chi connectivity index (χ3n) is 2.93. The summed E-state index contributed by atoms with van der Waals surface area (Å²) in [5, 5.41) is 3.46. The fourth-order valence-corrected chi connectivity index (χ4v) is 2.19. The first-order valence-electron chi connectivity index (χ1n) is 6.71. The molecule has 0 aliphatic carbocycles. The fraction of sp³-hybridized carbons (Fsp3) is 0.294. The maximum atomic E-state index is 5.51. The van der Waals surface area contributed by atoms with Crippen molar-refractivity contribution >= 4 is 5.69 Å². The van der Waals surface area contributed by atoms with Crippen molar-refractivity contribution in [3.8, 4) is 5.75 Å². The van der Waals surface area contributed by atoms with Crippen molar-refractivity contribution in [3.05, 3.63) is 59.2 Å². The van der Waals surface area contributed by atoms with Crippen LogP contribution in [0.25, 0.3) is 0 Å². The lowest BCUT2D eigenvalue weighted by atomic mass is 10.1. The normalized spacial score (nSPS) is 10.3. The van der Waals surface area contributed by atoms with Crippen molar-refractivity contribution in [2.24, 2.45) is 0 Å². The molecular formula is C17H21NO. The highest BCUT2D eigenvalue weighted by molar-refractivity contribution is 5.49. The third kappa shape index (κ3) is 4.02. The average Bonchev–Trinajstić information content (AvgIpc) is 2.36. The van der Waals surface area contributed by atoms with Gasteiger partial charge in [0.25, 0.3) is 0 Å². The van der Waals surface area contributed by atoms with Gasteiger partial charge in [0.15, 0.2) is 0 Å². The van der Waals surface area contributed by atoms with Gasteiger partial charge in [-0.15, -0.1) is 0 Å². The smallest absolute Gasteiger partial charge is 0.119 e. The molecule has 0 atom stereocenters. The van der Waals surface area contributed by atoms with E-state index in [2.05, 4.69) is 49.5 Å². The zero-order chi connectivity index (χ0) is 13.7. The second-order valence-corrected chi connectivity index (χ2v) is 4.81. The molecule has 1 N–H and O–H groups in total. The minimum atomic E-state index is 0.702. The van der Waals surface area contributed by atoms with Gasteiger partial charge in [-0.1, -0.05) is 18.2 Å².